The number of para-hydroxylation sites is 1. The number of hydrogen-bond donors (Lipinski definition) is 1. The van der Waals surface area contributed by atoms with Crippen molar-refractivity contribution in [1.29, 1.82) is 0 Å². The first-order valence-corrected chi connectivity index (χ1v) is 9.05. The van der Waals surface area contributed by atoms with Gasteiger partial charge in [0.25, 0.3) is 0 Å². The van der Waals surface area contributed by atoms with Crippen molar-refractivity contribution in [2.45, 2.75) is 38.8 Å². The molecule has 0 aliphatic heterocycles. The minimum atomic E-state index is -0.597. The van der Waals surface area contributed by atoms with Gasteiger partial charge in [0, 0.05) is 5.02 Å². The van der Waals surface area contributed by atoms with Crippen LogP contribution in [-0.2, 0) is 11.2 Å². The summed E-state index contributed by atoms with van der Waals surface area (Å²) >= 11 is 5.93. The molecular formula is C21H24ClNO4. The molecule has 0 spiro atoms. The topological polar surface area (TPSA) is 64.6 Å². The maximum Gasteiger partial charge on any atom is 0.408 e. The molecule has 1 unspecified atom stereocenters. The summed E-state index contributed by atoms with van der Waals surface area (Å²) in [5, 5.41) is 3.48. The summed E-state index contributed by atoms with van der Waals surface area (Å²) in [4.78, 5) is 23.3. The average Bonchev–Trinajstić information content (AvgIpc) is 2.60. The second kappa shape index (κ2) is 9.42. The molecule has 0 saturated heterocycles. The maximum atomic E-state index is 12.2. The number of benzene rings is 2. The maximum absolute atomic E-state index is 12.2. The Balaban J connectivity index is 2.09. The van der Waals surface area contributed by atoms with Gasteiger partial charge in [0.2, 0.25) is 0 Å². The van der Waals surface area contributed by atoms with Gasteiger partial charge < -0.3 is 14.8 Å². The standard InChI is InChI=1S/C21H24ClNO4/c1-21(2,3)27-20(25)23-18(12-15-8-10-17(22)11-9-15)14-26-19-7-5-4-6-16(19)13-24/h4-11,13,18H,12,14H2,1-3H3,(H,23,25). The molecule has 0 aliphatic carbocycles. The SMILES string of the molecule is CC(C)(C)OC(=O)NC(COc1ccccc1C=O)Cc1ccc(Cl)cc1. The molecule has 0 fully saturated rings. The molecule has 0 aliphatic rings. The summed E-state index contributed by atoms with van der Waals surface area (Å²) < 4.78 is 11.1. The van der Waals surface area contributed by atoms with Crippen molar-refractivity contribution in [2.24, 2.45) is 0 Å². The zero-order chi connectivity index (χ0) is 19.9. The largest absolute Gasteiger partial charge is 0.491 e. The molecule has 2 rings (SSSR count). The van der Waals surface area contributed by atoms with E-state index in [1.165, 1.54) is 0 Å². The molecule has 1 atom stereocenters. The highest BCUT2D eigenvalue weighted by Crippen LogP contribution is 2.17. The van der Waals surface area contributed by atoms with Gasteiger partial charge in [-0.25, -0.2) is 4.79 Å². The van der Waals surface area contributed by atoms with E-state index in [0.29, 0.717) is 22.8 Å². The predicted octanol–water partition coefficient (Wildman–Crippen LogP) is 4.67. The molecule has 6 heteroatoms. The molecule has 0 aromatic heterocycles. The normalized spacial score (nSPS) is 12.1. The quantitative estimate of drug-likeness (QED) is 0.699. The third-order valence-corrected chi connectivity index (χ3v) is 3.85. The fraction of sp³-hybridized carbons (Fsp3) is 0.333. The van der Waals surface area contributed by atoms with Crippen LogP contribution >= 0.6 is 11.6 Å². The number of rotatable bonds is 7. The Morgan fingerprint density at radius 1 is 1.15 bits per heavy atom. The summed E-state index contributed by atoms with van der Waals surface area (Å²) in [5.41, 5.74) is 0.854. The zero-order valence-corrected chi connectivity index (χ0v) is 16.5. The van der Waals surface area contributed by atoms with Crippen LogP contribution in [0.2, 0.25) is 5.02 Å². The number of nitrogens with one attached hydrogen (secondary N) is 1. The molecule has 1 amide bonds. The number of halogens is 1. The predicted molar refractivity (Wildman–Crippen MR) is 106 cm³/mol. The van der Waals surface area contributed by atoms with Crippen LogP contribution in [-0.4, -0.2) is 30.6 Å². The first-order chi connectivity index (χ1) is 12.8. The van der Waals surface area contributed by atoms with Gasteiger partial charge in [-0.1, -0.05) is 35.9 Å². The molecule has 2 aromatic carbocycles. The summed E-state index contributed by atoms with van der Waals surface area (Å²) in [5.74, 6) is 0.472. The number of ether oxygens (including phenoxy) is 2. The highest BCUT2D eigenvalue weighted by Gasteiger charge is 2.20. The lowest BCUT2D eigenvalue weighted by atomic mass is 10.1. The highest BCUT2D eigenvalue weighted by molar-refractivity contribution is 6.30. The molecule has 0 bridgehead atoms. The molecule has 0 heterocycles. The zero-order valence-electron chi connectivity index (χ0n) is 15.7. The van der Waals surface area contributed by atoms with E-state index in [1.54, 1.807) is 57.2 Å². The van der Waals surface area contributed by atoms with Crippen LogP contribution in [0.25, 0.3) is 0 Å². The minimum Gasteiger partial charge on any atom is -0.491 e. The average molecular weight is 390 g/mol. The van der Waals surface area contributed by atoms with Gasteiger partial charge >= 0.3 is 6.09 Å². The van der Waals surface area contributed by atoms with Crippen molar-refractivity contribution in [3.63, 3.8) is 0 Å². The Morgan fingerprint density at radius 2 is 1.81 bits per heavy atom. The molecule has 144 valence electrons. The van der Waals surface area contributed by atoms with Gasteiger partial charge in [0.05, 0.1) is 11.6 Å². The lowest BCUT2D eigenvalue weighted by Crippen LogP contribution is -2.43. The second-order valence-electron chi connectivity index (χ2n) is 7.14. The first kappa shape index (κ1) is 20.8. The fourth-order valence-corrected chi connectivity index (χ4v) is 2.56. The number of amides is 1. The number of aldehydes is 1. The van der Waals surface area contributed by atoms with Crippen LogP contribution in [0.4, 0.5) is 4.79 Å². The molecule has 5 nitrogen and oxygen atoms in total. The van der Waals surface area contributed by atoms with Gasteiger partial charge in [0.1, 0.15) is 18.0 Å². The third kappa shape index (κ3) is 7.31. The summed E-state index contributed by atoms with van der Waals surface area (Å²) in [6, 6.07) is 14.0. The van der Waals surface area contributed by atoms with E-state index in [1.807, 2.05) is 12.1 Å². The third-order valence-electron chi connectivity index (χ3n) is 3.60. The molecule has 0 saturated carbocycles. The summed E-state index contributed by atoms with van der Waals surface area (Å²) in [6.45, 7) is 5.60. The number of alkyl carbamates (subject to hydrolysis) is 1. The van der Waals surface area contributed by atoms with Gasteiger partial charge in [-0.3, -0.25) is 4.79 Å². The molecule has 27 heavy (non-hydrogen) atoms. The Morgan fingerprint density at radius 3 is 2.44 bits per heavy atom. The summed E-state index contributed by atoms with van der Waals surface area (Å²) in [6.07, 6.45) is 0.749. The number of carbonyl (C=O) groups excluding carboxylic acids is 2. The minimum absolute atomic E-state index is 0.187. The number of carbonyl (C=O) groups is 2. The lowest BCUT2D eigenvalue weighted by molar-refractivity contribution is 0.0487. The van der Waals surface area contributed by atoms with Gasteiger partial charge in [-0.05, 0) is 57.0 Å². The van der Waals surface area contributed by atoms with E-state index in [2.05, 4.69) is 5.32 Å². The van der Waals surface area contributed by atoms with Crippen LogP contribution in [0.5, 0.6) is 5.75 Å². The lowest BCUT2D eigenvalue weighted by Gasteiger charge is -2.24. The van der Waals surface area contributed by atoms with Crippen molar-refractivity contribution >= 4 is 24.0 Å². The van der Waals surface area contributed by atoms with Crippen LogP contribution in [0.1, 0.15) is 36.7 Å². The Bertz CT molecular complexity index is 768. The molecule has 0 radical (unpaired) electrons. The monoisotopic (exact) mass is 389 g/mol. The van der Waals surface area contributed by atoms with E-state index >= 15 is 0 Å². The Kier molecular flexibility index (Phi) is 7.25. The van der Waals surface area contributed by atoms with Crippen molar-refractivity contribution in [2.75, 3.05) is 6.61 Å². The second-order valence-corrected chi connectivity index (χ2v) is 7.58. The van der Waals surface area contributed by atoms with Crippen molar-refractivity contribution < 1.29 is 19.1 Å². The van der Waals surface area contributed by atoms with Crippen LogP contribution in [0.15, 0.2) is 48.5 Å². The van der Waals surface area contributed by atoms with Crippen LogP contribution in [0, 0.1) is 0 Å². The van der Waals surface area contributed by atoms with E-state index < -0.39 is 11.7 Å². The van der Waals surface area contributed by atoms with Crippen molar-refractivity contribution in [1.82, 2.24) is 5.32 Å². The smallest absolute Gasteiger partial charge is 0.408 e. The van der Waals surface area contributed by atoms with Crippen molar-refractivity contribution in [3.8, 4) is 5.75 Å². The van der Waals surface area contributed by atoms with E-state index in [4.69, 9.17) is 21.1 Å². The van der Waals surface area contributed by atoms with Gasteiger partial charge in [-0.2, -0.15) is 0 Å². The Labute approximate surface area is 164 Å². The summed E-state index contributed by atoms with van der Waals surface area (Å²) in [7, 11) is 0. The van der Waals surface area contributed by atoms with E-state index in [-0.39, 0.29) is 12.6 Å². The van der Waals surface area contributed by atoms with Gasteiger partial charge in [-0.15, -0.1) is 0 Å². The molecule has 2 aromatic rings. The van der Waals surface area contributed by atoms with E-state index in [0.717, 1.165) is 11.8 Å². The van der Waals surface area contributed by atoms with Crippen LogP contribution in [0.3, 0.4) is 0 Å². The fourth-order valence-electron chi connectivity index (χ4n) is 2.43. The number of hydrogen-bond acceptors (Lipinski definition) is 4. The van der Waals surface area contributed by atoms with E-state index in [9.17, 15) is 9.59 Å². The first-order valence-electron chi connectivity index (χ1n) is 8.68. The molecule has 1 N–H and O–H groups in total. The molecular weight excluding hydrogens is 366 g/mol. The van der Waals surface area contributed by atoms with Crippen molar-refractivity contribution in [3.05, 3.63) is 64.7 Å². The van der Waals surface area contributed by atoms with Crippen LogP contribution < -0.4 is 10.1 Å². The highest BCUT2D eigenvalue weighted by atomic mass is 35.5. The Hall–Kier alpha value is -2.53. The van der Waals surface area contributed by atoms with Gasteiger partial charge in [0.15, 0.2) is 6.29 Å².